The summed E-state index contributed by atoms with van der Waals surface area (Å²) in [4.78, 5) is 16.9. The molecule has 0 spiro atoms. The van der Waals surface area contributed by atoms with Crippen molar-refractivity contribution >= 4 is 5.91 Å². The Hall–Kier alpha value is -1.29. The maximum Gasteiger partial charge on any atom is 0.222 e. The lowest BCUT2D eigenvalue weighted by Gasteiger charge is -2.47. The van der Waals surface area contributed by atoms with Crippen LogP contribution in [0.3, 0.4) is 0 Å². The highest BCUT2D eigenvalue weighted by atomic mass is 16.3. The molecule has 116 valence electrons. The van der Waals surface area contributed by atoms with Crippen molar-refractivity contribution in [1.82, 2.24) is 9.80 Å². The fourth-order valence-corrected chi connectivity index (χ4v) is 3.81. The Morgan fingerprint density at radius 1 is 1.38 bits per heavy atom. The Morgan fingerprint density at radius 2 is 2.29 bits per heavy atom. The molecule has 3 heterocycles. The first-order valence-corrected chi connectivity index (χ1v) is 8.32. The monoisotopic (exact) mass is 290 g/mol. The number of hydrogen-bond acceptors (Lipinski definition) is 3. The van der Waals surface area contributed by atoms with Crippen molar-refractivity contribution < 1.29 is 9.21 Å². The zero-order valence-corrected chi connectivity index (χ0v) is 13.0. The van der Waals surface area contributed by atoms with Gasteiger partial charge in [-0.05, 0) is 37.3 Å². The van der Waals surface area contributed by atoms with Gasteiger partial charge >= 0.3 is 0 Å². The van der Waals surface area contributed by atoms with Crippen LogP contribution in [0.25, 0.3) is 0 Å². The summed E-state index contributed by atoms with van der Waals surface area (Å²) in [6.07, 6.45) is 6.94. The smallest absolute Gasteiger partial charge is 0.222 e. The largest absolute Gasteiger partial charge is 0.468 e. The number of rotatable bonds is 5. The molecule has 4 nitrogen and oxygen atoms in total. The quantitative estimate of drug-likeness (QED) is 0.836. The fourth-order valence-electron chi connectivity index (χ4n) is 3.81. The fraction of sp³-hybridized carbons (Fsp3) is 0.706. The molecular weight excluding hydrogens is 264 g/mol. The van der Waals surface area contributed by atoms with Crippen molar-refractivity contribution in [1.29, 1.82) is 0 Å². The molecule has 0 unspecified atom stereocenters. The van der Waals surface area contributed by atoms with Crippen molar-refractivity contribution in [2.45, 2.75) is 51.6 Å². The highest BCUT2D eigenvalue weighted by molar-refractivity contribution is 5.77. The van der Waals surface area contributed by atoms with Gasteiger partial charge in [-0.1, -0.05) is 13.3 Å². The maximum atomic E-state index is 12.2. The molecule has 0 bridgehead atoms. The Bertz CT molecular complexity index is 457. The number of likely N-dealkylation sites (tertiary alicyclic amines) is 2. The number of fused-ring (bicyclic) bond motifs is 1. The van der Waals surface area contributed by atoms with E-state index in [0.29, 0.717) is 17.9 Å². The lowest BCUT2D eigenvalue weighted by Crippen LogP contribution is -2.55. The molecule has 0 aromatic carbocycles. The van der Waals surface area contributed by atoms with Gasteiger partial charge in [0.2, 0.25) is 5.91 Å². The molecule has 0 saturated carbocycles. The van der Waals surface area contributed by atoms with E-state index in [0.717, 1.165) is 64.0 Å². The molecule has 0 N–H and O–H groups in total. The summed E-state index contributed by atoms with van der Waals surface area (Å²) >= 11 is 0. The predicted octanol–water partition coefficient (Wildman–Crippen LogP) is 2.89. The molecule has 3 rings (SSSR count). The van der Waals surface area contributed by atoms with Gasteiger partial charge in [0.1, 0.15) is 5.76 Å². The van der Waals surface area contributed by atoms with Gasteiger partial charge in [-0.2, -0.15) is 0 Å². The van der Waals surface area contributed by atoms with E-state index in [4.69, 9.17) is 4.42 Å². The van der Waals surface area contributed by atoms with Crippen LogP contribution in [-0.2, 0) is 11.3 Å². The number of carbonyl (C=O) groups is 1. The summed E-state index contributed by atoms with van der Waals surface area (Å²) in [6.45, 7) is 6.21. The van der Waals surface area contributed by atoms with Gasteiger partial charge in [-0.15, -0.1) is 0 Å². The van der Waals surface area contributed by atoms with E-state index in [-0.39, 0.29) is 0 Å². The van der Waals surface area contributed by atoms with Gasteiger partial charge in [0.05, 0.1) is 12.8 Å². The minimum absolute atomic E-state index is 0.379. The molecule has 2 saturated heterocycles. The lowest BCUT2D eigenvalue weighted by molar-refractivity contribution is -0.141. The third kappa shape index (κ3) is 3.31. The average molecular weight is 290 g/mol. The van der Waals surface area contributed by atoms with E-state index in [1.165, 1.54) is 0 Å². The average Bonchev–Trinajstić information content (AvgIpc) is 2.99. The number of carbonyl (C=O) groups excluding carboxylic acids is 1. The maximum absolute atomic E-state index is 12.2. The Kier molecular flexibility index (Phi) is 4.63. The Morgan fingerprint density at radius 3 is 3.05 bits per heavy atom. The number of furan rings is 1. The van der Waals surface area contributed by atoms with Crippen LogP contribution in [0.5, 0.6) is 0 Å². The first-order chi connectivity index (χ1) is 10.3. The standard InChI is InChI=1S/C17H26N2O2/c1-2-3-9-19-16-8-10-18(13-15-5-4-11-21-15)12-14(16)6-7-17(19)20/h4-5,11,14,16H,2-3,6-10,12-13H2,1H3/t14-,16+/m1/s1. The first-order valence-electron chi connectivity index (χ1n) is 8.32. The van der Waals surface area contributed by atoms with Crippen LogP contribution < -0.4 is 0 Å². The normalized spacial score (nSPS) is 26.9. The molecule has 1 amide bonds. The van der Waals surface area contributed by atoms with Crippen molar-refractivity contribution in [2.24, 2.45) is 5.92 Å². The second-order valence-electron chi connectivity index (χ2n) is 6.41. The molecule has 2 fully saturated rings. The highest BCUT2D eigenvalue weighted by Gasteiger charge is 2.38. The zero-order valence-electron chi connectivity index (χ0n) is 13.0. The number of nitrogens with zero attached hydrogens (tertiary/aromatic N) is 2. The summed E-state index contributed by atoms with van der Waals surface area (Å²) in [7, 11) is 0. The Labute approximate surface area is 127 Å². The van der Waals surface area contributed by atoms with E-state index >= 15 is 0 Å². The number of hydrogen-bond donors (Lipinski definition) is 0. The molecule has 4 heteroatoms. The Balaban J connectivity index is 1.60. The summed E-state index contributed by atoms with van der Waals surface area (Å²) in [5.74, 6) is 2.07. The van der Waals surface area contributed by atoms with Crippen LogP contribution in [0, 0.1) is 5.92 Å². The summed E-state index contributed by atoms with van der Waals surface area (Å²) in [5, 5.41) is 0. The molecule has 1 aromatic heterocycles. The number of unbranched alkanes of at least 4 members (excludes halogenated alkanes) is 1. The highest BCUT2D eigenvalue weighted by Crippen LogP contribution is 2.32. The van der Waals surface area contributed by atoms with Crippen molar-refractivity contribution in [2.75, 3.05) is 19.6 Å². The predicted molar refractivity (Wildman–Crippen MR) is 81.7 cm³/mol. The van der Waals surface area contributed by atoms with Crippen molar-refractivity contribution in [3.8, 4) is 0 Å². The van der Waals surface area contributed by atoms with Gasteiger partial charge in [0, 0.05) is 32.1 Å². The molecule has 21 heavy (non-hydrogen) atoms. The van der Waals surface area contributed by atoms with Crippen LogP contribution in [0.15, 0.2) is 22.8 Å². The van der Waals surface area contributed by atoms with Crippen LogP contribution in [0.1, 0.15) is 44.8 Å². The number of piperidine rings is 2. The van der Waals surface area contributed by atoms with E-state index < -0.39 is 0 Å². The van der Waals surface area contributed by atoms with Gasteiger partial charge < -0.3 is 9.32 Å². The zero-order chi connectivity index (χ0) is 14.7. The molecule has 2 atom stereocenters. The summed E-state index contributed by atoms with van der Waals surface area (Å²) < 4.78 is 5.46. The summed E-state index contributed by atoms with van der Waals surface area (Å²) in [6, 6.07) is 4.48. The molecule has 0 radical (unpaired) electrons. The minimum atomic E-state index is 0.379. The number of amides is 1. The van der Waals surface area contributed by atoms with Crippen molar-refractivity contribution in [3.63, 3.8) is 0 Å². The van der Waals surface area contributed by atoms with Gasteiger partial charge in [-0.3, -0.25) is 9.69 Å². The van der Waals surface area contributed by atoms with Gasteiger partial charge in [0.15, 0.2) is 0 Å². The SMILES string of the molecule is CCCCN1C(=O)CC[C@@H]2CN(Cc3ccco3)CC[C@@H]21. The van der Waals surface area contributed by atoms with Gasteiger partial charge in [-0.25, -0.2) is 0 Å². The third-order valence-electron chi connectivity index (χ3n) is 4.94. The summed E-state index contributed by atoms with van der Waals surface area (Å²) in [5.41, 5.74) is 0. The molecule has 0 aliphatic carbocycles. The molecule has 2 aliphatic heterocycles. The third-order valence-corrected chi connectivity index (χ3v) is 4.94. The van der Waals surface area contributed by atoms with Crippen LogP contribution in [0.2, 0.25) is 0 Å². The second-order valence-corrected chi connectivity index (χ2v) is 6.41. The molecule has 2 aliphatic rings. The second kappa shape index (κ2) is 6.65. The van der Waals surface area contributed by atoms with E-state index in [1.54, 1.807) is 6.26 Å². The minimum Gasteiger partial charge on any atom is -0.468 e. The molecular formula is C17H26N2O2. The van der Waals surface area contributed by atoms with Gasteiger partial charge in [0.25, 0.3) is 0 Å². The lowest BCUT2D eigenvalue weighted by atomic mass is 9.83. The topological polar surface area (TPSA) is 36.7 Å². The molecule has 1 aromatic rings. The van der Waals surface area contributed by atoms with Crippen LogP contribution in [0.4, 0.5) is 0 Å². The van der Waals surface area contributed by atoms with Crippen molar-refractivity contribution in [3.05, 3.63) is 24.2 Å². The first kappa shape index (κ1) is 14.6. The van der Waals surface area contributed by atoms with E-state index in [9.17, 15) is 4.79 Å². The van der Waals surface area contributed by atoms with E-state index in [1.807, 2.05) is 12.1 Å². The van der Waals surface area contributed by atoms with Crippen LogP contribution in [-0.4, -0.2) is 41.4 Å². The van der Waals surface area contributed by atoms with Crippen LogP contribution >= 0.6 is 0 Å². The van der Waals surface area contributed by atoms with E-state index in [2.05, 4.69) is 16.7 Å².